The van der Waals surface area contributed by atoms with Crippen LogP contribution in [0, 0.1) is 5.92 Å². The molecule has 0 aromatic heterocycles. The molecule has 18 heavy (non-hydrogen) atoms. The van der Waals surface area contributed by atoms with Crippen molar-refractivity contribution in [2.75, 3.05) is 6.54 Å². The van der Waals surface area contributed by atoms with Crippen LogP contribution in [-0.2, 0) is 4.79 Å². The van der Waals surface area contributed by atoms with Crippen LogP contribution in [0.1, 0.15) is 66.2 Å². The SMILES string of the molecule is CCCCC(CC)C(=O)NCC(N)(CC)CC.Cl. The van der Waals surface area contributed by atoms with Crippen molar-refractivity contribution in [1.82, 2.24) is 5.32 Å². The Morgan fingerprint density at radius 2 is 1.78 bits per heavy atom. The van der Waals surface area contributed by atoms with Gasteiger partial charge in [0.25, 0.3) is 0 Å². The van der Waals surface area contributed by atoms with Crippen LogP contribution in [0.15, 0.2) is 0 Å². The van der Waals surface area contributed by atoms with Gasteiger partial charge in [0.2, 0.25) is 5.91 Å². The van der Waals surface area contributed by atoms with Gasteiger partial charge in [-0.3, -0.25) is 4.79 Å². The smallest absolute Gasteiger partial charge is 0.223 e. The molecule has 0 aliphatic rings. The third-order valence-electron chi connectivity index (χ3n) is 3.79. The second kappa shape index (κ2) is 10.6. The summed E-state index contributed by atoms with van der Waals surface area (Å²) in [6.07, 6.45) is 5.98. The lowest BCUT2D eigenvalue weighted by Gasteiger charge is -2.28. The first-order valence-electron chi connectivity index (χ1n) is 7.09. The van der Waals surface area contributed by atoms with E-state index in [1.165, 1.54) is 0 Å². The Kier molecular flexibility index (Phi) is 11.8. The van der Waals surface area contributed by atoms with Gasteiger partial charge < -0.3 is 11.1 Å². The summed E-state index contributed by atoms with van der Waals surface area (Å²) >= 11 is 0. The second-order valence-electron chi connectivity index (χ2n) is 5.03. The van der Waals surface area contributed by atoms with E-state index in [1.54, 1.807) is 0 Å². The number of hydrogen-bond donors (Lipinski definition) is 2. The molecule has 0 fully saturated rings. The van der Waals surface area contributed by atoms with Gasteiger partial charge in [-0.05, 0) is 25.7 Å². The fourth-order valence-electron chi connectivity index (χ4n) is 1.88. The summed E-state index contributed by atoms with van der Waals surface area (Å²) in [7, 11) is 0. The van der Waals surface area contributed by atoms with Gasteiger partial charge in [0.15, 0.2) is 0 Å². The molecule has 0 saturated heterocycles. The molecule has 0 bridgehead atoms. The summed E-state index contributed by atoms with van der Waals surface area (Å²) < 4.78 is 0. The topological polar surface area (TPSA) is 55.1 Å². The Morgan fingerprint density at radius 1 is 1.22 bits per heavy atom. The van der Waals surface area contributed by atoms with Crippen molar-refractivity contribution in [2.45, 2.75) is 71.8 Å². The molecular formula is C14H31ClN2O. The Labute approximate surface area is 119 Å². The Morgan fingerprint density at radius 3 is 2.17 bits per heavy atom. The van der Waals surface area contributed by atoms with Gasteiger partial charge in [-0.15, -0.1) is 12.4 Å². The molecule has 0 aromatic rings. The second-order valence-corrected chi connectivity index (χ2v) is 5.03. The summed E-state index contributed by atoms with van der Waals surface area (Å²) in [4.78, 5) is 12.0. The fraction of sp³-hybridized carbons (Fsp3) is 0.929. The van der Waals surface area contributed by atoms with Gasteiger partial charge in [0.1, 0.15) is 0 Å². The third-order valence-corrected chi connectivity index (χ3v) is 3.79. The molecule has 1 amide bonds. The number of carbonyl (C=O) groups is 1. The van der Waals surface area contributed by atoms with Crippen molar-refractivity contribution in [3.8, 4) is 0 Å². The largest absolute Gasteiger partial charge is 0.354 e. The summed E-state index contributed by atoms with van der Waals surface area (Å²) in [6, 6.07) is 0. The van der Waals surface area contributed by atoms with Crippen LogP contribution in [0.2, 0.25) is 0 Å². The molecule has 4 heteroatoms. The summed E-state index contributed by atoms with van der Waals surface area (Å²) in [5.41, 5.74) is 5.93. The molecule has 0 spiro atoms. The van der Waals surface area contributed by atoms with E-state index in [4.69, 9.17) is 5.73 Å². The number of halogens is 1. The summed E-state index contributed by atoms with van der Waals surface area (Å²) in [5, 5.41) is 3.02. The van der Waals surface area contributed by atoms with Gasteiger partial charge >= 0.3 is 0 Å². The first-order chi connectivity index (χ1) is 8.02. The van der Waals surface area contributed by atoms with Crippen molar-refractivity contribution in [2.24, 2.45) is 11.7 Å². The lowest BCUT2D eigenvalue weighted by Crippen LogP contribution is -2.50. The Balaban J connectivity index is 0. The molecule has 0 aromatic carbocycles. The Bertz CT molecular complexity index is 218. The molecular weight excluding hydrogens is 248 g/mol. The van der Waals surface area contributed by atoms with E-state index in [-0.39, 0.29) is 29.8 Å². The summed E-state index contributed by atoms with van der Waals surface area (Å²) in [5.74, 6) is 0.339. The van der Waals surface area contributed by atoms with E-state index in [0.29, 0.717) is 6.54 Å². The monoisotopic (exact) mass is 278 g/mol. The molecule has 3 N–H and O–H groups in total. The minimum Gasteiger partial charge on any atom is -0.354 e. The van der Waals surface area contributed by atoms with E-state index in [1.807, 2.05) is 0 Å². The molecule has 1 atom stereocenters. The van der Waals surface area contributed by atoms with Crippen LogP contribution in [0.4, 0.5) is 0 Å². The maximum atomic E-state index is 12.0. The molecule has 0 saturated carbocycles. The number of amides is 1. The average Bonchev–Trinajstić information content (AvgIpc) is 2.36. The first kappa shape index (κ1) is 20.0. The quantitative estimate of drug-likeness (QED) is 0.680. The number of nitrogens with two attached hydrogens (primary N) is 1. The highest BCUT2D eigenvalue weighted by atomic mass is 35.5. The van der Waals surface area contributed by atoms with Gasteiger partial charge in [0.05, 0.1) is 0 Å². The highest BCUT2D eigenvalue weighted by Crippen LogP contribution is 2.14. The lowest BCUT2D eigenvalue weighted by atomic mass is 9.93. The minimum absolute atomic E-state index is 0. The molecule has 1 unspecified atom stereocenters. The van der Waals surface area contributed by atoms with Crippen molar-refractivity contribution < 1.29 is 4.79 Å². The zero-order valence-corrected chi connectivity index (χ0v) is 13.2. The lowest BCUT2D eigenvalue weighted by molar-refractivity contribution is -0.125. The zero-order valence-electron chi connectivity index (χ0n) is 12.4. The normalized spacial score (nSPS) is 12.7. The van der Waals surface area contributed by atoms with E-state index >= 15 is 0 Å². The van der Waals surface area contributed by atoms with Crippen molar-refractivity contribution in [3.05, 3.63) is 0 Å². The minimum atomic E-state index is -0.237. The molecule has 0 rings (SSSR count). The number of nitrogens with one attached hydrogen (secondary N) is 1. The van der Waals surface area contributed by atoms with Crippen LogP contribution in [0.3, 0.4) is 0 Å². The molecule has 0 heterocycles. The average molecular weight is 279 g/mol. The van der Waals surface area contributed by atoms with Crippen LogP contribution in [0.25, 0.3) is 0 Å². The van der Waals surface area contributed by atoms with Crippen LogP contribution < -0.4 is 11.1 Å². The van der Waals surface area contributed by atoms with Crippen molar-refractivity contribution >= 4 is 18.3 Å². The maximum Gasteiger partial charge on any atom is 0.223 e. The van der Waals surface area contributed by atoms with Crippen LogP contribution >= 0.6 is 12.4 Å². The van der Waals surface area contributed by atoms with Gasteiger partial charge in [-0.25, -0.2) is 0 Å². The molecule has 0 radical (unpaired) electrons. The summed E-state index contributed by atoms with van der Waals surface area (Å²) in [6.45, 7) is 8.98. The number of carbonyl (C=O) groups excluding carboxylic acids is 1. The van der Waals surface area contributed by atoms with Crippen LogP contribution in [0.5, 0.6) is 0 Å². The third kappa shape index (κ3) is 7.22. The number of unbranched alkanes of at least 4 members (excludes halogenated alkanes) is 1. The number of rotatable bonds is 9. The maximum absolute atomic E-state index is 12.0. The van der Waals surface area contributed by atoms with Crippen molar-refractivity contribution in [3.63, 3.8) is 0 Å². The van der Waals surface area contributed by atoms with E-state index in [9.17, 15) is 4.79 Å². The molecule has 110 valence electrons. The standard InChI is InChI=1S/C14H30N2O.ClH/c1-5-9-10-12(6-2)13(17)16-11-14(15,7-3)8-4;/h12H,5-11,15H2,1-4H3,(H,16,17);1H. The van der Waals surface area contributed by atoms with Crippen molar-refractivity contribution in [1.29, 1.82) is 0 Å². The Hall–Kier alpha value is -0.280. The van der Waals surface area contributed by atoms with E-state index in [2.05, 4.69) is 33.0 Å². The predicted molar refractivity (Wildman–Crippen MR) is 81.1 cm³/mol. The highest BCUT2D eigenvalue weighted by molar-refractivity contribution is 5.85. The highest BCUT2D eigenvalue weighted by Gasteiger charge is 2.23. The van der Waals surface area contributed by atoms with Gasteiger partial charge in [0, 0.05) is 18.0 Å². The van der Waals surface area contributed by atoms with Gasteiger partial charge in [-0.2, -0.15) is 0 Å². The van der Waals surface area contributed by atoms with Gasteiger partial charge in [-0.1, -0.05) is 40.5 Å². The fourth-order valence-corrected chi connectivity index (χ4v) is 1.88. The molecule has 0 aliphatic heterocycles. The number of hydrogen-bond acceptors (Lipinski definition) is 2. The zero-order chi connectivity index (χ0) is 13.3. The van der Waals surface area contributed by atoms with E-state index < -0.39 is 0 Å². The predicted octanol–water partition coefficient (Wildman–Crippen LogP) is 3.26. The first-order valence-corrected chi connectivity index (χ1v) is 7.09. The molecule has 3 nitrogen and oxygen atoms in total. The molecule has 0 aliphatic carbocycles. The van der Waals surface area contributed by atoms with Crippen LogP contribution in [-0.4, -0.2) is 18.0 Å². The van der Waals surface area contributed by atoms with E-state index in [0.717, 1.165) is 38.5 Å².